The Labute approximate surface area is 113 Å². The van der Waals surface area contributed by atoms with Crippen molar-refractivity contribution in [3.05, 3.63) is 30.3 Å². The molecule has 2 aliphatic rings. The fraction of sp³-hybridized carbons (Fsp3) is 0.533. The number of hydrogen-bond donors (Lipinski definition) is 2. The van der Waals surface area contributed by atoms with Crippen molar-refractivity contribution in [2.24, 2.45) is 11.7 Å². The number of ether oxygens (including phenoxy) is 1. The number of nitrogens with two attached hydrogens (primary N) is 1. The molecule has 19 heavy (non-hydrogen) atoms. The Hall–Kier alpha value is -1.55. The van der Waals surface area contributed by atoms with E-state index in [1.807, 2.05) is 30.3 Å². The van der Waals surface area contributed by atoms with Crippen LogP contribution >= 0.6 is 0 Å². The highest BCUT2D eigenvalue weighted by Gasteiger charge is 2.52. The molecule has 1 unspecified atom stereocenters. The fourth-order valence-electron chi connectivity index (χ4n) is 2.50. The van der Waals surface area contributed by atoms with Crippen molar-refractivity contribution in [2.45, 2.75) is 37.3 Å². The highest BCUT2D eigenvalue weighted by molar-refractivity contribution is 5.86. The maximum absolute atomic E-state index is 12.0. The molecule has 3 rings (SSSR count). The lowest BCUT2D eigenvalue weighted by atomic mass is 9.93. The summed E-state index contributed by atoms with van der Waals surface area (Å²) in [6, 6.07) is 10.0. The molecule has 102 valence electrons. The Kier molecular flexibility index (Phi) is 3.19. The predicted octanol–water partition coefficient (Wildman–Crippen LogP) is 1.45. The maximum Gasteiger partial charge on any atom is 0.241 e. The number of amides is 1. The smallest absolute Gasteiger partial charge is 0.241 e. The molecule has 4 heteroatoms. The zero-order valence-corrected chi connectivity index (χ0v) is 11.0. The third kappa shape index (κ3) is 2.73. The number of hydrogen-bond acceptors (Lipinski definition) is 3. The second kappa shape index (κ2) is 4.85. The van der Waals surface area contributed by atoms with E-state index in [9.17, 15) is 4.79 Å². The van der Waals surface area contributed by atoms with E-state index in [4.69, 9.17) is 10.5 Å². The number of para-hydroxylation sites is 1. The molecule has 0 spiro atoms. The molecule has 3 N–H and O–H groups in total. The third-order valence-electron chi connectivity index (χ3n) is 3.96. The summed E-state index contributed by atoms with van der Waals surface area (Å²) in [5, 5.41) is 3.44. The van der Waals surface area contributed by atoms with Crippen LogP contribution in [0.4, 0.5) is 0 Å². The minimum absolute atomic E-state index is 0.280. The molecule has 0 radical (unpaired) electrons. The van der Waals surface area contributed by atoms with Gasteiger partial charge in [-0.2, -0.15) is 0 Å². The van der Waals surface area contributed by atoms with Gasteiger partial charge in [-0.05, 0) is 43.7 Å². The van der Waals surface area contributed by atoms with Gasteiger partial charge < -0.3 is 10.5 Å². The number of carbonyl (C=O) groups is 1. The van der Waals surface area contributed by atoms with Crippen molar-refractivity contribution in [1.29, 1.82) is 0 Å². The second-order valence-corrected chi connectivity index (χ2v) is 5.63. The molecule has 4 nitrogen and oxygen atoms in total. The van der Waals surface area contributed by atoms with Crippen LogP contribution in [0.25, 0.3) is 0 Å². The van der Waals surface area contributed by atoms with Gasteiger partial charge in [-0.1, -0.05) is 18.2 Å². The normalized spacial score (nSPS) is 21.7. The van der Waals surface area contributed by atoms with Crippen molar-refractivity contribution in [3.8, 4) is 5.75 Å². The van der Waals surface area contributed by atoms with Gasteiger partial charge in [0, 0.05) is 6.04 Å². The van der Waals surface area contributed by atoms with Gasteiger partial charge in [-0.25, -0.2) is 0 Å². The first-order valence-electron chi connectivity index (χ1n) is 6.96. The number of nitrogens with one attached hydrogen (secondary N) is 1. The molecule has 0 aromatic heterocycles. The Morgan fingerprint density at radius 2 is 1.95 bits per heavy atom. The molecule has 0 saturated heterocycles. The van der Waals surface area contributed by atoms with E-state index in [2.05, 4.69) is 5.32 Å². The highest BCUT2D eigenvalue weighted by atomic mass is 16.5. The quantitative estimate of drug-likeness (QED) is 0.780. The molecular weight excluding hydrogens is 240 g/mol. The highest BCUT2D eigenvalue weighted by Crippen LogP contribution is 2.41. The Morgan fingerprint density at radius 3 is 2.47 bits per heavy atom. The van der Waals surface area contributed by atoms with Gasteiger partial charge in [0.2, 0.25) is 5.91 Å². The molecule has 2 aliphatic carbocycles. The average Bonchev–Trinajstić information content (AvgIpc) is 3.28. The minimum atomic E-state index is -0.684. The summed E-state index contributed by atoms with van der Waals surface area (Å²) in [5.74, 6) is 0.832. The van der Waals surface area contributed by atoms with Crippen LogP contribution in [-0.2, 0) is 4.79 Å². The monoisotopic (exact) mass is 260 g/mol. The largest absolute Gasteiger partial charge is 0.491 e. The molecular formula is C15H20N2O2. The zero-order chi connectivity index (χ0) is 13.3. The van der Waals surface area contributed by atoms with Crippen LogP contribution < -0.4 is 15.8 Å². The number of carbonyl (C=O) groups excluding carboxylic acids is 1. The molecule has 1 aromatic carbocycles. The van der Waals surface area contributed by atoms with Gasteiger partial charge >= 0.3 is 0 Å². The minimum Gasteiger partial charge on any atom is -0.491 e. The van der Waals surface area contributed by atoms with Crippen LogP contribution in [0.5, 0.6) is 5.75 Å². The van der Waals surface area contributed by atoms with Crippen LogP contribution in [0.1, 0.15) is 25.7 Å². The molecule has 0 aliphatic heterocycles. The van der Waals surface area contributed by atoms with E-state index in [-0.39, 0.29) is 5.91 Å². The Morgan fingerprint density at radius 1 is 1.26 bits per heavy atom. The van der Waals surface area contributed by atoms with Crippen LogP contribution in [-0.4, -0.2) is 24.1 Å². The number of primary amides is 1. The summed E-state index contributed by atoms with van der Waals surface area (Å²) in [7, 11) is 0. The maximum atomic E-state index is 12.0. The lowest BCUT2D eigenvalue weighted by molar-refractivity contribution is -0.126. The molecule has 1 amide bonds. The Bertz CT molecular complexity index is 454. The van der Waals surface area contributed by atoms with E-state index >= 15 is 0 Å². The van der Waals surface area contributed by atoms with Crippen LogP contribution in [0.15, 0.2) is 30.3 Å². The topological polar surface area (TPSA) is 64.4 Å². The first-order chi connectivity index (χ1) is 9.21. The first-order valence-corrected chi connectivity index (χ1v) is 6.96. The molecule has 0 bridgehead atoms. The molecule has 2 fully saturated rings. The summed E-state index contributed by atoms with van der Waals surface area (Å²) in [5.41, 5.74) is 4.99. The van der Waals surface area contributed by atoms with Crippen molar-refractivity contribution in [1.82, 2.24) is 5.32 Å². The first kappa shape index (κ1) is 12.5. The lowest BCUT2D eigenvalue weighted by Crippen LogP contribution is -2.61. The van der Waals surface area contributed by atoms with E-state index in [1.54, 1.807) is 0 Å². The van der Waals surface area contributed by atoms with Crippen molar-refractivity contribution < 1.29 is 9.53 Å². The van der Waals surface area contributed by atoms with Crippen LogP contribution in [0.3, 0.4) is 0 Å². The van der Waals surface area contributed by atoms with Gasteiger partial charge in [0.1, 0.15) is 17.9 Å². The van der Waals surface area contributed by atoms with Gasteiger partial charge in [0.05, 0.1) is 0 Å². The van der Waals surface area contributed by atoms with E-state index < -0.39 is 5.54 Å². The average molecular weight is 260 g/mol. The molecule has 0 heterocycles. The fourth-order valence-corrected chi connectivity index (χ4v) is 2.50. The molecule has 2 saturated carbocycles. The zero-order valence-electron chi connectivity index (χ0n) is 11.0. The van der Waals surface area contributed by atoms with Gasteiger partial charge in [0.15, 0.2) is 0 Å². The third-order valence-corrected chi connectivity index (χ3v) is 3.96. The van der Waals surface area contributed by atoms with Gasteiger partial charge in [0.25, 0.3) is 0 Å². The van der Waals surface area contributed by atoms with E-state index in [0.29, 0.717) is 18.6 Å². The standard InChI is InChI=1S/C15H20N2O2/c16-14(18)15(11-6-7-11,17-12-8-9-12)10-19-13-4-2-1-3-5-13/h1-5,11-12,17H,6-10H2,(H2,16,18). The second-order valence-electron chi connectivity index (χ2n) is 5.63. The molecule has 1 aromatic rings. The Balaban J connectivity index is 1.72. The van der Waals surface area contributed by atoms with Crippen LogP contribution in [0, 0.1) is 5.92 Å². The summed E-state index contributed by atoms with van der Waals surface area (Å²) < 4.78 is 5.80. The predicted molar refractivity (Wildman–Crippen MR) is 72.7 cm³/mol. The number of rotatable bonds is 7. The molecule has 1 atom stereocenters. The van der Waals surface area contributed by atoms with Crippen molar-refractivity contribution >= 4 is 5.91 Å². The summed E-state index contributed by atoms with van der Waals surface area (Å²) in [4.78, 5) is 12.0. The summed E-state index contributed by atoms with van der Waals surface area (Å²) in [6.07, 6.45) is 4.38. The number of benzene rings is 1. The van der Waals surface area contributed by atoms with Crippen molar-refractivity contribution in [2.75, 3.05) is 6.61 Å². The summed E-state index contributed by atoms with van der Waals surface area (Å²) >= 11 is 0. The SMILES string of the molecule is NC(=O)C(COc1ccccc1)(NC1CC1)C1CC1. The lowest BCUT2D eigenvalue weighted by Gasteiger charge is -2.32. The van der Waals surface area contributed by atoms with Gasteiger partial charge in [-0.15, -0.1) is 0 Å². The summed E-state index contributed by atoms with van der Waals surface area (Å²) in [6.45, 7) is 0.327. The van der Waals surface area contributed by atoms with Crippen LogP contribution in [0.2, 0.25) is 0 Å². The van der Waals surface area contributed by atoms with Gasteiger partial charge in [-0.3, -0.25) is 10.1 Å². The van der Waals surface area contributed by atoms with Crippen molar-refractivity contribution in [3.63, 3.8) is 0 Å². The van der Waals surface area contributed by atoms with E-state index in [0.717, 1.165) is 31.4 Å². The van der Waals surface area contributed by atoms with E-state index in [1.165, 1.54) is 0 Å².